The first kappa shape index (κ1) is 16.9. The van der Waals surface area contributed by atoms with Crippen molar-refractivity contribution < 1.29 is 14.3 Å². The van der Waals surface area contributed by atoms with Crippen LogP contribution in [0.25, 0.3) is 0 Å². The Hall–Kier alpha value is -2.42. The molecule has 23 heavy (non-hydrogen) atoms. The van der Waals surface area contributed by atoms with Gasteiger partial charge in [0.1, 0.15) is 6.07 Å². The maximum absolute atomic E-state index is 12.3. The van der Waals surface area contributed by atoms with Gasteiger partial charge >= 0.3 is 0 Å². The molecule has 1 amide bonds. The quantitative estimate of drug-likeness (QED) is 0.899. The van der Waals surface area contributed by atoms with E-state index in [1.807, 2.05) is 6.07 Å². The van der Waals surface area contributed by atoms with Gasteiger partial charge in [-0.15, -0.1) is 0 Å². The van der Waals surface area contributed by atoms with Gasteiger partial charge in [-0.2, -0.15) is 5.26 Å². The Labute approximate surface area is 143 Å². The zero-order chi connectivity index (χ0) is 17.0. The Balaban J connectivity index is 2.29. The number of methoxy groups -OCH3 is 2. The van der Waals surface area contributed by atoms with Crippen molar-refractivity contribution >= 4 is 34.8 Å². The number of ether oxygens (including phenoxy) is 2. The fourth-order valence-corrected chi connectivity index (χ4v) is 2.45. The van der Waals surface area contributed by atoms with Crippen LogP contribution >= 0.6 is 23.2 Å². The highest BCUT2D eigenvalue weighted by Gasteiger charge is 2.15. The summed E-state index contributed by atoms with van der Waals surface area (Å²) in [7, 11) is 2.92. The fraction of sp³-hybridized carbons (Fsp3) is 0.125. The third-order valence-electron chi connectivity index (χ3n) is 3.04. The summed E-state index contributed by atoms with van der Waals surface area (Å²) in [6, 6.07) is 9.56. The van der Waals surface area contributed by atoms with E-state index in [1.54, 1.807) is 6.07 Å². The lowest BCUT2D eigenvalue weighted by molar-refractivity contribution is 0.102. The Morgan fingerprint density at radius 1 is 1.13 bits per heavy atom. The van der Waals surface area contributed by atoms with E-state index in [9.17, 15) is 4.79 Å². The summed E-state index contributed by atoms with van der Waals surface area (Å²) in [4.78, 5) is 12.3. The second-order valence-electron chi connectivity index (χ2n) is 4.45. The standard InChI is InChI=1S/C16H12Cl2N2O3/c1-22-14-6-10(5-13(18)15(14)23-2)16(21)20-11-4-3-9(8-19)12(17)7-11/h3-7H,1-2H3,(H,20,21). The number of nitrogens with zero attached hydrogens (tertiary/aromatic N) is 1. The molecule has 0 spiro atoms. The molecule has 0 atom stereocenters. The molecule has 0 heterocycles. The summed E-state index contributed by atoms with van der Waals surface area (Å²) >= 11 is 12.0. The van der Waals surface area contributed by atoms with Gasteiger partial charge in [0.05, 0.1) is 29.8 Å². The highest BCUT2D eigenvalue weighted by atomic mass is 35.5. The minimum atomic E-state index is -0.395. The predicted molar refractivity (Wildman–Crippen MR) is 88.7 cm³/mol. The number of anilines is 1. The highest BCUT2D eigenvalue weighted by molar-refractivity contribution is 6.33. The van der Waals surface area contributed by atoms with E-state index < -0.39 is 5.91 Å². The van der Waals surface area contributed by atoms with E-state index in [0.29, 0.717) is 28.3 Å². The second kappa shape index (κ2) is 7.23. The molecule has 2 aromatic carbocycles. The molecule has 2 aromatic rings. The van der Waals surface area contributed by atoms with Gasteiger partial charge in [0.2, 0.25) is 0 Å². The van der Waals surface area contributed by atoms with Crippen molar-refractivity contribution in [3.63, 3.8) is 0 Å². The lowest BCUT2D eigenvalue weighted by atomic mass is 10.1. The van der Waals surface area contributed by atoms with Crippen molar-refractivity contribution in [1.82, 2.24) is 0 Å². The van der Waals surface area contributed by atoms with Crippen molar-refractivity contribution in [1.29, 1.82) is 5.26 Å². The van der Waals surface area contributed by atoms with Crippen LogP contribution in [0.4, 0.5) is 5.69 Å². The second-order valence-corrected chi connectivity index (χ2v) is 5.27. The smallest absolute Gasteiger partial charge is 0.255 e. The summed E-state index contributed by atoms with van der Waals surface area (Å²) < 4.78 is 10.3. The maximum Gasteiger partial charge on any atom is 0.255 e. The Kier molecular flexibility index (Phi) is 5.32. The number of rotatable bonds is 4. The van der Waals surface area contributed by atoms with E-state index in [4.69, 9.17) is 37.9 Å². The molecule has 0 aliphatic carbocycles. The molecule has 1 N–H and O–H groups in total. The molecule has 0 aliphatic rings. The minimum Gasteiger partial charge on any atom is -0.493 e. The number of hydrogen-bond acceptors (Lipinski definition) is 4. The van der Waals surface area contributed by atoms with Crippen LogP contribution in [0.3, 0.4) is 0 Å². The largest absolute Gasteiger partial charge is 0.493 e. The molecule has 118 valence electrons. The molecule has 0 fully saturated rings. The topological polar surface area (TPSA) is 71.3 Å². The molecular weight excluding hydrogens is 339 g/mol. The van der Waals surface area contributed by atoms with Gasteiger partial charge in [-0.1, -0.05) is 23.2 Å². The third-order valence-corrected chi connectivity index (χ3v) is 3.64. The van der Waals surface area contributed by atoms with Gasteiger partial charge in [-0.25, -0.2) is 0 Å². The average molecular weight is 351 g/mol. The average Bonchev–Trinajstić information content (AvgIpc) is 2.54. The number of carbonyl (C=O) groups excluding carboxylic acids is 1. The summed E-state index contributed by atoms with van der Waals surface area (Å²) in [5, 5.41) is 12.0. The van der Waals surface area contributed by atoms with E-state index in [-0.39, 0.29) is 10.0 Å². The molecule has 0 aliphatic heterocycles. The van der Waals surface area contributed by atoms with Crippen LogP contribution in [0.5, 0.6) is 11.5 Å². The maximum atomic E-state index is 12.3. The fourth-order valence-electron chi connectivity index (χ4n) is 1.94. The monoisotopic (exact) mass is 350 g/mol. The van der Waals surface area contributed by atoms with Crippen LogP contribution < -0.4 is 14.8 Å². The molecule has 2 rings (SSSR count). The van der Waals surface area contributed by atoms with Gasteiger partial charge in [0.15, 0.2) is 11.5 Å². The SMILES string of the molecule is COc1cc(C(=O)Nc2ccc(C#N)c(Cl)c2)cc(Cl)c1OC. The van der Waals surface area contributed by atoms with Gasteiger partial charge in [-0.3, -0.25) is 4.79 Å². The van der Waals surface area contributed by atoms with Gasteiger partial charge in [0, 0.05) is 11.3 Å². The molecule has 7 heteroatoms. The minimum absolute atomic E-state index is 0.259. The van der Waals surface area contributed by atoms with E-state index >= 15 is 0 Å². The number of amides is 1. The van der Waals surface area contributed by atoms with E-state index in [0.717, 1.165) is 0 Å². The molecule has 0 aromatic heterocycles. The lowest BCUT2D eigenvalue weighted by Gasteiger charge is -2.12. The number of nitrogens with one attached hydrogen (secondary N) is 1. The summed E-state index contributed by atoms with van der Waals surface area (Å²) in [6.45, 7) is 0. The van der Waals surface area contributed by atoms with Gasteiger partial charge in [0.25, 0.3) is 5.91 Å². The number of nitriles is 1. The molecule has 0 bridgehead atoms. The zero-order valence-electron chi connectivity index (χ0n) is 12.3. The summed E-state index contributed by atoms with van der Waals surface area (Å²) in [5.41, 5.74) is 1.09. The first-order chi connectivity index (χ1) is 11.0. The number of halogens is 2. The third kappa shape index (κ3) is 3.67. The molecule has 0 radical (unpaired) electrons. The Morgan fingerprint density at radius 2 is 1.87 bits per heavy atom. The Morgan fingerprint density at radius 3 is 2.43 bits per heavy atom. The van der Waals surface area contributed by atoms with Gasteiger partial charge < -0.3 is 14.8 Å². The molecular formula is C16H12Cl2N2O3. The van der Waals surface area contributed by atoms with Crippen LogP contribution in [0.1, 0.15) is 15.9 Å². The molecule has 0 unspecified atom stereocenters. The van der Waals surface area contributed by atoms with Gasteiger partial charge in [-0.05, 0) is 30.3 Å². The van der Waals surface area contributed by atoms with Crippen LogP contribution in [0.15, 0.2) is 30.3 Å². The van der Waals surface area contributed by atoms with Crippen molar-refractivity contribution in [3.05, 3.63) is 51.5 Å². The summed E-state index contributed by atoms with van der Waals surface area (Å²) in [6.07, 6.45) is 0. The first-order valence-electron chi connectivity index (χ1n) is 6.42. The van der Waals surface area contributed by atoms with Crippen molar-refractivity contribution in [2.45, 2.75) is 0 Å². The summed E-state index contributed by atoms with van der Waals surface area (Å²) in [5.74, 6) is 0.309. The van der Waals surface area contributed by atoms with E-state index in [2.05, 4.69) is 5.32 Å². The number of hydrogen-bond donors (Lipinski definition) is 1. The van der Waals surface area contributed by atoms with Crippen LogP contribution in [-0.4, -0.2) is 20.1 Å². The van der Waals surface area contributed by atoms with Crippen LogP contribution in [-0.2, 0) is 0 Å². The molecule has 0 saturated carbocycles. The van der Waals surface area contributed by atoms with E-state index in [1.165, 1.54) is 38.5 Å². The van der Waals surface area contributed by atoms with Crippen LogP contribution in [0.2, 0.25) is 10.0 Å². The van der Waals surface area contributed by atoms with Crippen LogP contribution in [0, 0.1) is 11.3 Å². The predicted octanol–water partition coefficient (Wildman–Crippen LogP) is 4.13. The Bertz CT molecular complexity index is 801. The zero-order valence-corrected chi connectivity index (χ0v) is 13.8. The first-order valence-corrected chi connectivity index (χ1v) is 7.18. The van der Waals surface area contributed by atoms with Crippen molar-refractivity contribution in [2.75, 3.05) is 19.5 Å². The van der Waals surface area contributed by atoms with Crippen molar-refractivity contribution in [3.8, 4) is 17.6 Å². The lowest BCUT2D eigenvalue weighted by Crippen LogP contribution is -2.12. The highest BCUT2D eigenvalue weighted by Crippen LogP contribution is 2.36. The number of carbonyl (C=O) groups is 1. The van der Waals surface area contributed by atoms with Crippen molar-refractivity contribution in [2.24, 2.45) is 0 Å². The molecule has 5 nitrogen and oxygen atoms in total. The normalized spacial score (nSPS) is 9.87. The number of benzene rings is 2. The molecule has 0 saturated heterocycles.